The lowest BCUT2D eigenvalue weighted by Gasteiger charge is -2.10. The van der Waals surface area contributed by atoms with Gasteiger partial charge in [-0.3, -0.25) is 0 Å². The van der Waals surface area contributed by atoms with E-state index in [1.807, 2.05) is 0 Å². The van der Waals surface area contributed by atoms with E-state index >= 15 is 0 Å². The Morgan fingerprint density at radius 3 is 2.94 bits per heavy atom. The molecule has 0 amide bonds. The van der Waals surface area contributed by atoms with Crippen molar-refractivity contribution in [1.82, 2.24) is 0 Å². The molecule has 0 aliphatic carbocycles. The normalized spacial score (nSPS) is 10.1. The fraction of sp³-hybridized carbons (Fsp3) is 0.364. The molecule has 0 spiro atoms. The van der Waals surface area contributed by atoms with E-state index in [9.17, 15) is 4.79 Å². The van der Waals surface area contributed by atoms with Crippen molar-refractivity contribution in [3.8, 4) is 0 Å². The predicted octanol–water partition coefficient (Wildman–Crippen LogP) is 2.60. The Bertz CT molecular complexity index is 368. The monoisotopic (exact) mass is 287 g/mol. The number of carboxylic acid groups (broad SMARTS) is 1. The number of halogens is 1. The van der Waals surface area contributed by atoms with Gasteiger partial charge < -0.3 is 15.2 Å². The minimum Gasteiger partial charge on any atom is -0.478 e. The molecule has 1 rings (SSSR count). The summed E-state index contributed by atoms with van der Waals surface area (Å²) >= 11 is 3.22. The fourth-order valence-corrected chi connectivity index (χ4v) is 1.86. The van der Waals surface area contributed by atoms with E-state index in [1.54, 1.807) is 25.3 Å². The van der Waals surface area contributed by atoms with Gasteiger partial charge in [0.2, 0.25) is 0 Å². The van der Waals surface area contributed by atoms with Crippen molar-refractivity contribution < 1.29 is 14.6 Å². The molecule has 16 heavy (non-hydrogen) atoms. The van der Waals surface area contributed by atoms with Crippen LogP contribution >= 0.6 is 15.9 Å². The number of benzene rings is 1. The summed E-state index contributed by atoms with van der Waals surface area (Å²) in [6, 6.07) is 5.26. The van der Waals surface area contributed by atoms with Gasteiger partial charge in [-0.1, -0.05) is 6.07 Å². The molecule has 1 aromatic carbocycles. The van der Waals surface area contributed by atoms with Gasteiger partial charge in [0.05, 0.1) is 5.56 Å². The van der Waals surface area contributed by atoms with E-state index in [1.165, 1.54) is 0 Å². The van der Waals surface area contributed by atoms with Crippen LogP contribution in [0, 0.1) is 0 Å². The molecule has 0 heterocycles. The molecule has 0 unspecified atom stereocenters. The zero-order chi connectivity index (χ0) is 12.0. The van der Waals surface area contributed by atoms with Crippen molar-refractivity contribution in [3.05, 3.63) is 28.2 Å². The maximum absolute atomic E-state index is 11.0. The van der Waals surface area contributed by atoms with Crippen molar-refractivity contribution in [3.63, 3.8) is 0 Å². The first kappa shape index (κ1) is 13.0. The van der Waals surface area contributed by atoms with Crippen LogP contribution in [-0.2, 0) is 4.74 Å². The molecule has 0 saturated heterocycles. The second-order valence-corrected chi connectivity index (χ2v) is 4.10. The first-order valence-corrected chi connectivity index (χ1v) is 5.70. The highest BCUT2D eigenvalue weighted by atomic mass is 79.9. The van der Waals surface area contributed by atoms with Crippen molar-refractivity contribution in [2.75, 3.05) is 25.6 Å². The van der Waals surface area contributed by atoms with E-state index in [-0.39, 0.29) is 5.56 Å². The molecule has 4 nitrogen and oxygen atoms in total. The molecule has 0 atom stereocenters. The van der Waals surface area contributed by atoms with Crippen molar-refractivity contribution in [1.29, 1.82) is 0 Å². The molecule has 2 N–H and O–H groups in total. The Labute approximate surface area is 103 Å². The fourth-order valence-electron chi connectivity index (χ4n) is 1.33. The number of ether oxygens (including phenoxy) is 1. The summed E-state index contributed by atoms with van der Waals surface area (Å²) in [5, 5.41) is 12.1. The van der Waals surface area contributed by atoms with E-state index in [2.05, 4.69) is 21.2 Å². The second-order valence-electron chi connectivity index (χ2n) is 3.24. The highest BCUT2D eigenvalue weighted by molar-refractivity contribution is 9.10. The SMILES string of the molecule is COCCCNc1cccc(Br)c1C(=O)O. The van der Waals surface area contributed by atoms with Gasteiger partial charge >= 0.3 is 5.97 Å². The van der Waals surface area contributed by atoms with E-state index < -0.39 is 5.97 Å². The number of carboxylic acids is 1. The van der Waals surface area contributed by atoms with Crippen LogP contribution in [0.25, 0.3) is 0 Å². The van der Waals surface area contributed by atoms with E-state index in [0.717, 1.165) is 6.42 Å². The maximum Gasteiger partial charge on any atom is 0.338 e. The largest absolute Gasteiger partial charge is 0.478 e. The molecule has 0 radical (unpaired) electrons. The Hall–Kier alpha value is -1.07. The van der Waals surface area contributed by atoms with Gasteiger partial charge in [-0.15, -0.1) is 0 Å². The number of methoxy groups -OCH3 is 1. The van der Waals surface area contributed by atoms with Gasteiger partial charge in [0.15, 0.2) is 0 Å². The minimum atomic E-state index is -0.943. The third-order valence-electron chi connectivity index (χ3n) is 2.07. The number of carbonyl (C=O) groups is 1. The van der Waals surface area contributed by atoms with E-state index in [4.69, 9.17) is 9.84 Å². The van der Waals surface area contributed by atoms with Crippen LogP contribution in [0.1, 0.15) is 16.8 Å². The lowest BCUT2D eigenvalue weighted by atomic mass is 10.2. The van der Waals surface area contributed by atoms with Crippen LogP contribution in [0.2, 0.25) is 0 Å². The van der Waals surface area contributed by atoms with Crippen molar-refractivity contribution >= 4 is 27.6 Å². The zero-order valence-corrected chi connectivity index (χ0v) is 10.6. The standard InChI is InChI=1S/C11H14BrNO3/c1-16-7-3-6-13-9-5-2-4-8(12)10(9)11(14)15/h2,4-5,13H,3,6-7H2,1H3,(H,14,15). The topological polar surface area (TPSA) is 58.6 Å². The third-order valence-corrected chi connectivity index (χ3v) is 2.73. The lowest BCUT2D eigenvalue weighted by molar-refractivity contribution is 0.0697. The first-order chi connectivity index (χ1) is 7.66. The minimum absolute atomic E-state index is 0.264. The number of anilines is 1. The van der Waals surface area contributed by atoms with Gasteiger partial charge in [0.25, 0.3) is 0 Å². The molecule has 0 aliphatic rings. The first-order valence-electron chi connectivity index (χ1n) is 4.91. The highest BCUT2D eigenvalue weighted by Gasteiger charge is 2.13. The number of nitrogens with one attached hydrogen (secondary N) is 1. The number of rotatable bonds is 6. The summed E-state index contributed by atoms with van der Waals surface area (Å²) in [7, 11) is 1.64. The van der Waals surface area contributed by atoms with Crippen LogP contribution in [0.3, 0.4) is 0 Å². The van der Waals surface area contributed by atoms with Gasteiger partial charge in [-0.2, -0.15) is 0 Å². The second kappa shape index (κ2) is 6.50. The molecule has 88 valence electrons. The Kier molecular flexibility index (Phi) is 5.28. The Balaban J connectivity index is 2.71. The lowest BCUT2D eigenvalue weighted by Crippen LogP contribution is -2.09. The average molecular weight is 288 g/mol. The van der Waals surface area contributed by atoms with Crippen LogP contribution in [-0.4, -0.2) is 31.3 Å². The number of aromatic carboxylic acids is 1. The number of hydrogen-bond donors (Lipinski definition) is 2. The summed E-state index contributed by atoms with van der Waals surface area (Å²) in [5.74, 6) is -0.943. The highest BCUT2D eigenvalue weighted by Crippen LogP contribution is 2.24. The van der Waals surface area contributed by atoms with Crippen LogP contribution in [0.15, 0.2) is 22.7 Å². The zero-order valence-electron chi connectivity index (χ0n) is 9.00. The molecular formula is C11H14BrNO3. The molecule has 0 fully saturated rings. The van der Waals surface area contributed by atoms with Crippen LogP contribution in [0.5, 0.6) is 0 Å². The van der Waals surface area contributed by atoms with Gasteiger partial charge in [0, 0.05) is 30.4 Å². The molecule has 0 aromatic heterocycles. The summed E-state index contributed by atoms with van der Waals surface area (Å²) in [5.41, 5.74) is 0.887. The summed E-state index contributed by atoms with van der Waals surface area (Å²) < 4.78 is 5.50. The molecular weight excluding hydrogens is 274 g/mol. The summed E-state index contributed by atoms with van der Waals surface area (Å²) in [4.78, 5) is 11.0. The Morgan fingerprint density at radius 1 is 1.56 bits per heavy atom. The smallest absolute Gasteiger partial charge is 0.338 e. The van der Waals surface area contributed by atoms with Crippen molar-refractivity contribution in [2.24, 2.45) is 0 Å². The molecule has 1 aromatic rings. The van der Waals surface area contributed by atoms with Gasteiger partial charge in [0.1, 0.15) is 0 Å². The number of hydrogen-bond acceptors (Lipinski definition) is 3. The molecule has 0 aliphatic heterocycles. The predicted molar refractivity (Wildman–Crippen MR) is 66.1 cm³/mol. The quantitative estimate of drug-likeness (QED) is 0.790. The van der Waals surface area contributed by atoms with Crippen LogP contribution < -0.4 is 5.32 Å². The van der Waals surface area contributed by atoms with Crippen LogP contribution in [0.4, 0.5) is 5.69 Å². The maximum atomic E-state index is 11.0. The third kappa shape index (κ3) is 3.50. The average Bonchev–Trinajstić information content (AvgIpc) is 2.24. The Morgan fingerprint density at radius 2 is 2.31 bits per heavy atom. The van der Waals surface area contributed by atoms with Crippen molar-refractivity contribution in [2.45, 2.75) is 6.42 Å². The molecule has 5 heteroatoms. The van der Waals surface area contributed by atoms with Gasteiger partial charge in [-0.05, 0) is 34.5 Å². The summed E-state index contributed by atoms with van der Waals surface area (Å²) in [6.45, 7) is 1.34. The van der Waals surface area contributed by atoms with E-state index in [0.29, 0.717) is 23.3 Å². The molecule has 0 saturated carbocycles. The van der Waals surface area contributed by atoms with Gasteiger partial charge in [-0.25, -0.2) is 4.79 Å². The summed E-state index contributed by atoms with van der Waals surface area (Å²) in [6.07, 6.45) is 0.835. The molecule has 0 bridgehead atoms.